The Hall–Kier alpha value is -1.90. The zero-order chi connectivity index (χ0) is 11.5. The van der Waals surface area contributed by atoms with Crippen molar-refractivity contribution >= 4 is 5.82 Å². The molecule has 0 bridgehead atoms. The van der Waals surface area contributed by atoms with Gasteiger partial charge < -0.3 is 5.73 Å². The van der Waals surface area contributed by atoms with Gasteiger partial charge in [0.15, 0.2) is 0 Å². The lowest BCUT2D eigenvalue weighted by Crippen LogP contribution is -1.93. The third kappa shape index (κ3) is 2.19. The second-order valence-corrected chi connectivity index (χ2v) is 4.10. The average molecular weight is 213 g/mol. The van der Waals surface area contributed by atoms with E-state index in [2.05, 4.69) is 48.1 Å². The van der Waals surface area contributed by atoms with Crippen molar-refractivity contribution in [3.63, 3.8) is 0 Å². The molecule has 3 heteroatoms. The third-order valence-corrected chi connectivity index (χ3v) is 2.56. The van der Waals surface area contributed by atoms with Crippen LogP contribution in [0.4, 0.5) is 5.82 Å². The second kappa shape index (κ2) is 4.31. The summed E-state index contributed by atoms with van der Waals surface area (Å²) in [6, 6.07) is 10.2. The van der Waals surface area contributed by atoms with Gasteiger partial charge in [0.2, 0.25) is 0 Å². The molecule has 0 saturated heterocycles. The van der Waals surface area contributed by atoms with Crippen LogP contribution < -0.4 is 5.73 Å². The smallest absolute Gasteiger partial charge is 0.127 e. The summed E-state index contributed by atoms with van der Waals surface area (Å²) in [5, 5.41) is 0. The van der Waals surface area contributed by atoms with Gasteiger partial charge in [-0.2, -0.15) is 0 Å². The predicted octanol–water partition coefficient (Wildman–Crippen LogP) is 2.85. The van der Waals surface area contributed by atoms with Gasteiger partial charge in [0, 0.05) is 11.6 Å². The summed E-state index contributed by atoms with van der Waals surface area (Å²) in [5.74, 6) is 1.04. The number of anilines is 1. The fourth-order valence-electron chi connectivity index (χ4n) is 1.57. The van der Waals surface area contributed by atoms with E-state index in [1.807, 2.05) is 0 Å². The molecule has 1 aromatic carbocycles. The van der Waals surface area contributed by atoms with E-state index in [1.54, 1.807) is 6.07 Å². The summed E-state index contributed by atoms with van der Waals surface area (Å²) in [5.41, 5.74) is 8.88. The first-order chi connectivity index (χ1) is 7.66. The van der Waals surface area contributed by atoms with Gasteiger partial charge >= 0.3 is 0 Å². The first kappa shape index (κ1) is 10.6. The molecule has 0 spiro atoms. The number of hydrogen-bond acceptors (Lipinski definition) is 3. The van der Waals surface area contributed by atoms with Gasteiger partial charge in [0.25, 0.3) is 0 Å². The van der Waals surface area contributed by atoms with E-state index < -0.39 is 0 Å². The first-order valence-electron chi connectivity index (χ1n) is 5.34. The van der Waals surface area contributed by atoms with E-state index in [-0.39, 0.29) is 0 Å². The van der Waals surface area contributed by atoms with Gasteiger partial charge in [-0.05, 0) is 11.5 Å². The maximum atomic E-state index is 5.62. The fourth-order valence-corrected chi connectivity index (χ4v) is 1.57. The Bertz CT molecular complexity index is 475. The van der Waals surface area contributed by atoms with Crippen molar-refractivity contribution in [1.29, 1.82) is 0 Å². The summed E-state index contributed by atoms with van der Waals surface area (Å²) in [6.45, 7) is 4.36. The van der Waals surface area contributed by atoms with Crippen LogP contribution in [0.1, 0.15) is 25.3 Å². The third-order valence-electron chi connectivity index (χ3n) is 2.56. The number of nitrogens with two attached hydrogens (primary N) is 1. The zero-order valence-corrected chi connectivity index (χ0v) is 9.51. The van der Waals surface area contributed by atoms with Gasteiger partial charge in [-0.3, -0.25) is 0 Å². The Morgan fingerprint density at radius 1 is 1.06 bits per heavy atom. The first-order valence-corrected chi connectivity index (χ1v) is 5.34. The average Bonchev–Trinajstić information content (AvgIpc) is 2.29. The van der Waals surface area contributed by atoms with E-state index in [0.717, 1.165) is 11.3 Å². The second-order valence-electron chi connectivity index (χ2n) is 4.10. The van der Waals surface area contributed by atoms with Gasteiger partial charge in [0.1, 0.15) is 12.1 Å². The van der Waals surface area contributed by atoms with Crippen LogP contribution in [0.5, 0.6) is 0 Å². The van der Waals surface area contributed by atoms with E-state index in [0.29, 0.717) is 11.7 Å². The quantitative estimate of drug-likeness (QED) is 0.834. The van der Waals surface area contributed by atoms with Crippen LogP contribution >= 0.6 is 0 Å². The highest BCUT2D eigenvalue weighted by molar-refractivity contribution is 5.61. The van der Waals surface area contributed by atoms with E-state index in [1.165, 1.54) is 11.9 Å². The molecular formula is C13H15N3. The lowest BCUT2D eigenvalue weighted by Gasteiger charge is -2.06. The van der Waals surface area contributed by atoms with Crippen molar-refractivity contribution in [3.8, 4) is 11.3 Å². The molecule has 1 heterocycles. The Kier molecular flexibility index (Phi) is 2.86. The normalized spacial score (nSPS) is 10.7. The standard InChI is InChI=1S/C13H15N3/c1-9(2)10-3-5-11(6-4-10)12-7-13(14)16-8-15-12/h3-9H,1-2H3,(H2,14,15,16). The monoisotopic (exact) mass is 213 g/mol. The molecule has 0 aliphatic rings. The van der Waals surface area contributed by atoms with E-state index >= 15 is 0 Å². The Morgan fingerprint density at radius 2 is 1.75 bits per heavy atom. The van der Waals surface area contributed by atoms with Crippen molar-refractivity contribution < 1.29 is 0 Å². The van der Waals surface area contributed by atoms with Crippen LogP contribution in [0.15, 0.2) is 36.7 Å². The molecule has 1 aromatic heterocycles. The zero-order valence-electron chi connectivity index (χ0n) is 9.51. The maximum absolute atomic E-state index is 5.62. The largest absolute Gasteiger partial charge is 0.384 e. The molecule has 0 aliphatic heterocycles. The van der Waals surface area contributed by atoms with Crippen molar-refractivity contribution in [1.82, 2.24) is 9.97 Å². The molecule has 0 fully saturated rings. The molecule has 2 aromatic rings. The van der Waals surface area contributed by atoms with Crippen molar-refractivity contribution in [2.75, 3.05) is 5.73 Å². The Balaban J connectivity index is 2.35. The molecule has 3 nitrogen and oxygen atoms in total. The Morgan fingerprint density at radius 3 is 2.31 bits per heavy atom. The van der Waals surface area contributed by atoms with Crippen LogP contribution in [-0.2, 0) is 0 Å². The van der Waals surface area contributed by atoms with Crippen molar-refractivity contribution in [3.05, 3.63) is 42.2 Å². The predicted molar refractivity (Wildman–Crippen MR) is 66.0 cm³/mol. The Labute approximate surface area is 95.4 Å². The number of rotatable bonds is 2. The van der Waals surface area contributed by atoms with Gasteiger partial charge in [-0.15, -0.1) is 0 Å². The molecule has 0 aliphatic carbocycles. The molecule has 2 N–H and O–H groups in total. The molecular weight excluding hydrogens is 198 g/mol. The lowest BCUT2D eigenvalue weighted by atomic mass is 10.0. The maximum Gasteiger partial charge on any atom is 0.127 e. The minimum Gasteiger partial charge on any atom is -0.384 e. The molecule has 82 valence electrons. The van der Waals surface area contributed by atoms with Gasteiger partial charge in [0.05, 0.1) is 5.69 Å². The molecule has 16 heavy (non-hydrogen) atoms. The van der Waals surface area contributed by atoms with E-state index in [9.17, 15) is 0 Å². The summed E-state index contributed by atoms with van der Waals surface area (Å²) >= 11 is 0. The van der Waals surface area contributed by atoms with Crippen molar-refractivity contribution in [2.24, 2.45) is 0 Å². The minimum atomic E-state index is 0.498. The van der Waals surface area contributed by atoms with Gasteiger partial charge in [-0.1, -0.05) is 38.1 Å². The van der Waals surface area contributed by atoms with Crippen LogP contribution in [0.25, 0.3) is 11.3 Å². The molecule has 2 rings (SSSR count). The highest BCUT2D eigenvalue weighted by atomic mass is 14.9. The van der Waals surface area contributed by atoms with Crippen LogP contribution in [0.3, 0.4) is 0 Å². The molecule has 0 unspecified atom stereocenters. The SMILES string of the molecule is CC(C)c1ccc(-c2cc(N)ncn2)cc1. The minimum absolute atomic E-state index is 0.498. The number of nitrogen functional groups attached to an aromatic ring is 1. The number of benzene rings is 1. The fraction of sp³-hybridized carbons (Fsp3) is 0.231. The lowest BCUT2D eigenvalue weighted by molar-refractivity contribution is 0.867. The molecule has 0 radical (unpaired) electrons. The van der Waals surface area contributed by atoms with Crippen LogP contribution in [-0.4, -0.2) is 9.97 Å². The molecule has 0 atom stereocenters. The topological polar surface area (TPSA) is 51.8 Å². The van der Waals surface area contributed by atoms with E-state index in [4.69, 9.17) is 5.73 Å². The van der Waals surface area contributed by atoms with Crippen molar-refractivity contribution in [2.45, 2.75) is 19.8 Å². The number of hydrogen-bond donors (Lipinski definition) is 1. The van der Waals surface area contributed by atoms with Crippen LogP contribution in [0, 0.1) is 0 Å². The number of aromatic nitrogens is 2. The van der Waals surface area contributed by atoms with Crippen LogP contribution in [0.2, 0.25) is 0 Å². The summed E-state index contributed by atoms with van der Waals surface area (Å²) in [4.78, 5) is 8.07. The molecule has 0 amide bonds. The summed E-state index contributed by atoms with van der Waals surface area (Å²) < 4.78 is 0. The highest BCUT2D eigenvalue weighted by Crippen LogP contribution is 2.21. The number of nitrogens with zero attached hydrogens (tertiary/aromatic N) is 2. The highest BCUT2D eigenvalue weighted by Gasteiger charge is 2.02. The summed E-state index contributed by atoms with van der Waals surface area (Å²) in [7, 11) is 0. The molecule has 0 saturated carbocycles. The van der Waals surface area contributed by atoms with Gasteiger partial charge in [-0.25, -0.2) is 9.97 Å². The summed E-state index contributed by atoms with van der Waals surface area (Å²) in [6.07, 6.45) is 1.49.